The number of methoxy groups -OCH3 is 1. The van der Waals surface area contributed by atoms with Crippen molar-refractivity contribution >= 4 is 43.7 Å². The second-order valence-electron chi connectivity index (χ2n) is 5.47. The maximum atomic E-state index is 6.17. The molecule has 3 nitrogen and oxygen atoms in total. The van der Waals surface area contributed by atoms with Crippen LogP contribution in [0.1, 0.15) is 0 Å². The Bertz CT molecular complexity index is 1160. The molecule has 0 fully saturated rings. The van der Waals surface area contributed by atoms with E-state index in [1.54, 1.807) is 7.11 Å². The van der Waals surface area contributed by atoms with Crippen molar-refractivity contribution in [2.75, 3.05) is 7.11 Å². The van der Waals surface area contributed by atoms with Gasteiger partial charge in [-0.1, -0.05) is 36.4 Å². The summed E-state index contributed by atoms with van der Waals surface area (Å²) in [6.07, 6.45) is 0. The van der Waals surface area contributed by atoms with E-state index in [-0.39, 0.29) is 0 Å². The van der Waals surface area contributed by atoms with Gasteiger partial charge in [0.1, 0.15) is 16.9 Å². The monoisotopic (exact) mass is 287 g/mol. The SMILES string of the molecule is COc1cc2[nH]c3ccccc3c2c2oc3ccccc3c12. The van der Waals surface area contributed by atoms with E-state index in [2.05, 4.69) is 29.2 Å². The average molecular weight is 287 g/mol. The van der Waals surface area contributed by atoms with E-state index in [0.29, 0.717) is 0 Å². The van der Waals surface area contributed by atoms with Crippen molar-refractivity contribution in [3.05, 3.63) is 54.6 Å². The van der Waals surface area contributed by atoms with Gasteiger partial charge in [-0.25, -0.2) is 0 Å². The van der Waals surface area contributed by atoms with E-state index < -0.39 is 0 Å². The highest BCUT2D eigenvalue weighted by molar-refractivity contribution is 6.24. The Morgan fingerprint density at radius 3 is 2.50 bits per heavy atom. The van der Waals surface area contributed by atoms with Crippen LogP contribution in [0.4, 0.5) is 0 Å². The Balaban J connectivity index is 2.14. The van der Waals surface area contributed by atoms with Crippen LogP contribution in [-0.2, 0) is 0 Å². The fourth-order valence-electron chi connectivity index (χ4n) is 3.35. The molecular formula is C19H13NO2. The minimum absolute atomic E-state index is 0.832. The van der Waals surface area contributed by atoms with Crippen LogP contribution in [0.2, 0.25) is 0 Å². The van der Waals surface area contributed by atoms with Gasteiger partial charge in [0.15, 0.2) is 0 Å². The number of aromatic amines is 1. The van der Waals surface area contributed by atoms with Crippen molar-refractivity contribution in [3.63, 3.8) is 0 Å². The number of nitrogens with one attached hydrogen (secondary N) is 1. The molecule has 2 aromatic heterocycles. The Morgan fingerprint density at radius 1 is 0.864 bits per heavy atom. The Labute approximate surface area is 126 Å². The first kappa shape index (κ1) is 11.7. The van der Waals surface area contributed by atoms with Crippen LogP contribution in [0.15, 0.2) is 59.0 Å². The molecule has 0 aliphatic heterocycles. The predicted molar refractivity (Wildman–Crippen MR) is 89.6 cm³/mol. The molecule has 106 valence electrons. The number of hydrogen-bond acceptors (Lipinski definition) is 2. The molecule has 5 aromatic rings. The van der Waals surface area contributed by atoms with Gasteiger partial charge in [-0.2, -0.15) is 0 Å². The molecule has 0 unspecified atom stereocenters. The molecule has 3 aromatic carbocycles. The van der Waals surface area contributed by atoms with Gasteiger partial charge in [0.2, 0.25) is 0 Å². The van der Waals surface area contributed by atoms with E-state index in [9.17, 15) is 0 Å². The summed E-state index contributed by atoms with van der Waals surface area (Å²) in [4.78, 5) is 3.45. The lowest BCUT2D eigenvalue weighted by Crippen LogP contribution is -1.84. The third-order valence-corrected chi connectivity index (χ3v) is 4.30. The van der Waals surface area contributed by atoms with Crippen molar-refractivity contribution in [2.45, 2.75) is 0 Å². The quantitative estimate of drug-likeness (QED) is 0.458. The van der Waals surface area contributed by atoms with Crippen molar-refractivity contribution in [1.82, 2.24) is 4.98 Å². The van der Waals surface area contributed by atoms with Crippen molar-refractivity contribution in [3.8, 4) is 5.75 Å². The van der Waals surface area contributed by atoms with Crippen molar-refractivity contribution in [1.29, 1.82) is 0 Å². The maximum absolute atomic E-state index is 6.17. The second-order valence-corrected chi connectivity index (χ2v) is 5.47. The van der Waals surface area contributed by atoms with E-state index in [1.807, 2.05) is 30.3 Å². The van der Waals surface area contributed by atoms with E-state index in [4.69, 9.17) is 9.15 Å². The number of fused-ring (bicyclic) bond motifs is 7. The van der Waals surface area contributed by atoms with Crippen molar-refractivity contribution < 1.29 is 9.15 Å². The minimum atomic E-state index is 0.832. The molecule has 0 aliphatic carbocycles. The van der Waals surface area contributed by atoms with Crippen LogP contribution < -0.4 is 4.74 Å². The summed E-state index contributed by atoms with van der Waals surface area (Å²) in [5, 5.41) is 4.41. The normalized spacial score (nSPS) is 11.9. The van der Waals surface area contributed by atoms with E-state index >= 15 is 0 Å². The van der Waals surface area contributed by atoms with Crippen molar-refractivity contribution in [2.24, 2.45) is 0 Å². The lowest BCUT2D eigenvalue weighted by Gasteiger charge is -2.02. The number of ether oxygens (including phenoxy) is 1. The smallest absolute Gasteiger partial charge is 0.149 e. The van der Waals surface area contributed by atoms with Gasteiger partial charge in [0.05, 0.1) is 23.4 Å². The molecule has 0 bridgehead atoms. The average Bonchev–Trinajstić information content (AvgIpc) is 3.11. The molecule has 1 N–H and O–H groups in total. The summed E-state index contributed by atoms with van der Waals surface area (Å²) >= 11 is 0. The summed E-state index contributed by atoms with van der Waals surface area (Å²) in [6, 6.07) is 18.4. The third-order valence-electron chi connectivity index (χ3n) is 4.30. The van der Waals surface area contributed by atoms with Crippen LogP contribution in [0.25, 0.3) is 43.7 Å². The highest BCUT2D eigenvalue weighted by Crippen LogP contribution is 2.42. The molecule has 0 spiro atoms. The summed E-state index contributed by atoms with van der Waals surface area (Å²) in [7, 11) is 1.70. The minimum Gasteiger partial charge on any atom is -0.496 e. The van der Waals surface area contributed by atoms with Crippen LogP contribution in [-0.4, -0.2) is 12.1 Å². The van der Waals surface area contributed by atoms with Gasteiger partial charge in [0, 0.05) is 22.4 Å². The van der Waals surface area contributed by atoms with E-state index in [0.717, 1.165) is 44.1 Å². The molecule has 0 radical (unpaired) electrons. The Morgan fingerprint density at radius 2 is 1.64 bits per heavy atom. The lowest BCUT2D eigenvalue weighted by atomic mass is 10.1. The van der Waals surface area contributed by atoms with Gasteiger partial charge < -0.3 is 14.1 Å². The Kier molecular flexibility index (Phi) is 2.15. The van der Waals surface area contributed by atoms with Crippen LogP contribution in [0, 0.1) is 0 Å². The molecule has 0 atom stereocenters. The third kappa shape index (κ3) is 1.35. The lowest BCUT2D eigenvalue weighted by molar-refractivity contribution is 0.420. The first-order valence-corrected chi connectivity index (χ1v) is 7.25. The second kappa shape index (κ2) is 4.04. The summed E-state index contributed by atoms with van der Waals surface area (Å²) < 4.78 is 11.8. The number of furan rings is 1. The first-order chi connectivity index (χ1) is 10.9. The molecule has 22 heavy (non-hydrogen) atoms. The number of para-hydroxylation sites is 2. The van der Waals surface area contributed by atoms with Gasteiger partial charge in [0.25, 0.3) is 0 Å². The van der Waals surface area contributed by atoms with Gasteiger partial charge in [-0.3, -0.25) is 0 Å². The van der Waals surface area contributed by atoms with Crippen LogP contribution >= 0.6 is 0 Å². The van der Waals surface area contributed by atoms with Gasteiger partial charge in [-0.05, 0) is 12.1 Å². The molecule has 0 aliphatic rings. The van der Waals surface area contributed by atoms with E-state index in [1.165, 1.54) is 5.39 Å². The first-order valence-electron chi connectivity index (χ1n) is 7.25. The highest BCUT2D eigenvalue weighted by atomic mass is 16.5. The van der Waals surface area contributed by atoms with Gasteiger partial charge >= 0.3 is 0 Å². The molecule has 2 heterocycles. The molecule has 3 heteroatoms. The summed E-state index contributed by atoms with van der Waals surface area (Å²) in [6.45, 7) is 0. The zero-order chi connectivity index (χ0) is 14.7. The fourth-order valence-corrected chi connectivity index (χ4v) is 3.35. The molecule has 0 saturated heterocycles. The molecule has 0 saturated carbocycles. The number of rotatable bonds is 1. The number of benzene rings is 3. The maximum Gasteiger partial charge on any atom is 0.149 e. The number of H-pyrrole nitrogens is 1. The van der Waals surface area contributed by atoms with Gasteiger partial charge in [-0.15, -0.1) is 0 Å². The summed E-state index contributed by atoms with van der Waals surface area (Å²) in [5.41, 5.74) is 3.90. The van der Waals surface area contributed by atoms with Crippen LogP contribution in [0.5, 0.6) is 5.75 Å². The zero-order valence-electron chi connectivity index (χ0n) is 12.0. The molecule has 0 amide bonds. The molecular weight excluding hydrogens is 274 g/mol. The number of aromatic nitrogens is 1. The Hall–Kier alpha value is -2.94. The standard InChI is InChI=1S/C19H13NO2/c1-21-16-10-14-17(11-6-2-4-8-13(11)20-14)19-18(16)12-7-3-5-9-15(12)22-19/h2-10,20H,1H3. The summed E-state index contributed by atoms with van der Waals surface area (Å²) in [5.74, 6) is 0.832. The fraction of sp³-hybridized carbons (Fsp3) is 0.0526. The zero-order valence-corrected chi connectivity index (χ0v) is 12.0. The number of hydrogen-bond donors (Lipinski definition) is 1. The molecule has 5 rings (SSSR count). The largest absolute Gasteiger partial charge is 0.496 e. The van der Waals surface area contributed by atoms with Crippen LogP contribution in [0.3, 0.4) is 0 Å². The topological polar surface area (TPSA) is 38.2 Å². The predicted octanol–water partition coefficient (Wildman–Crippen LogP) is 5.23. The highest BCUT2D eigenvalue weighted by Gasteiger charge is 2.18.